The predicted octanol–water partition coefficient (Wildman–Crippen LogP) is 4.25. The molecular formula is C20H22Cl2N2O5S. The molecule has 0 radical (unpaired) electrons. The van der Waals surface area contributed by atoms with Gasteiger partial charge in [-0.15, -0.1) is 0 Å². The van der Waals surface area contributed by atoms with Crippen molar-refractivity contribution >= 4 is 50.8 Å². The van der Waals surface area contributed by atoms with Crippen molar-refractivity contribution in [3.63, 3.8) is 0 Å². The fourth-order valence-corrected chi connectivity index (χ4v) is 4.10. The van der Waals surface area contributed by atoms with Crippen LogP contribution in [-0.2, 0) is 19.6 Å². The number of anilines is 1. The van der Waals surface area contributed by atoms with Crippen molar-refractivity contribution in [2.45, 2.75) is 44.2 Å². The van der Waals surface area contributed by atoms with Gasteiger partial charge in [0.25, 0.3) is 5.91 Å². The maximum atomic E-state index is 12.3. The fourth-order valence-electron chi connectivity index (χ4n) is 2.34. The summed E-state index contributed by atoms with van der Waals surface area (Å²) in [6.45, 7) is 6.57. The summed E-state index contributed by atoms with van der Waals surface area (Å²) in [5.41, 5.74) is -0.256. The van der Waals surface area contributed by atoms with Crippen molar-refractivity contribution in [3.05, 3.63) is 58.1 Å². The number of benzene rings is 2. The Bertz CT molecular complexity index is 1050. The lowest BCUT2D eigenvalue weighted by atomic mass is 10.1. The van der Waals surface area contributed by atoms with E-state index < -0.39 is 33.5 Å². The predicted molar refractivity (Wildman–Crippen MR) is 116 cm³/mol. The first-order valence-corrected chi connectivity index (χ1v) is 11.1. The highest BCUT2D eigenvalue weighted by Gasteiger charge is 2.23. The van der Waals surface area contributed by atoms with Crippen LogP contribution < -0.4 is 10.0 Å². The van der Waals surface area contributed by atoms with E-state index in [4.69, 9.17) is 27.9 Å². The molecule has 0 saturated heterocycles. The van der Waals surface area contributed by atoms with Crippen LogP contribution in [0.5, 0.6) is 0 Å². The largest absolute Gasteiger partial charge is 0.449 e. The SMILES string of the molecule is CC(OC(=O)c1ccc(S(=O)(=O)NC(C)(C)C)cc1)C(=O)Nc1cc(Cl)ccc1Cl. The van der Waals surface area contributed by atoms with Crippen LogP contribution in [-0.4, -0.2) is 31.9 Å². The summed E-state index contributed by atoms with van der Waals surface area (Å²) in [7, 11) is -3.73. The summed E-state index contributed by atoms with van der Waals surface area (Å²) in [6.07, 6.45) is -1.13. The van der Waals surface area contributed by atoms with Crippen LogP contribution in [0.25, 0.3) is 0 Å². The number of nitrogens with one attached hydrogen (secondary N) is 2. The highest BCUT2D eigenvalue weighted by atomic mass is 35.5. The van der Waals surface area contributed by atoms with E-state index >= 15 is 0 Å². The molecule has 2 rings (SSSR count). The highest BCUT2D eigenvalue weighted by Crippen LogP contribution is 2.25. The number of hydrogen-bond donors (Lipinski definition) is 2. The van der Waals surface area contributed by atoms with Crippen LogP contribution in [0.3, 0.4) is 0 Å². The van der Waals surface area contributed by atoms with E-state index in [9.17, 15) is 18.0 Å². The number of halogens is 2. The molecule has 0 aromatic heterocycles. The van der Waals surface area contributed by atoms with Crippen LogP contribution in [0.1, 0.15) is 38.1 Å². The second-order valence-corrected chi connectivity index (χ2v) is 10.1. The minimum absolute atomic E-state index is 0.00960. The number of hydrogen-bond acceptors (Lipinski definition) is 5. The van der Waals surface area contributed by atoms with Crippen molar-refractivity contribution in [1.82, 2.24) is 4.72 Å². The Balaban J connectivity index is 2.05. The molecule has 0 aliphatic heterocycles. The molecule has 0 aliphatic rings. The number of carbonyl (C=O) groups excluding carboxylic acids is 2. The molecule has 0 saturated carbocycles. The van der Waals surface area contributed by atoms with Crippen molar-refractivity contribution in [3.8, 4) is 0 Å². The van der Waals surface area contributed by atoms with Gasteiger partial charge in [-0.05, 0) is 70.2 Å². The van der Waals surface area contributed by atoms with E-state index in [2.05, 4.69) is 10.0 Å². The summed E-state index contributed by atoms with van der Waals surface area (Å²) < 4.78 is 32.3. The first kappa shape index (κ1) is 24.1. The molecule has 0 fully saturated rings. The number of rotatable bonds is 6. The number of ether oxygens (including phenoxy) is 1. The molecule has 0 aliphatic carbocycles. The fraction of sp³-hybridized carbons (Fsp3) is 0.300. The summed E-state index contributed by atoms with van der Waals surface area (Å²) in [6, 6.07) is 9.80. The van der Waals surface area contributed by atoms with Gasteiger partial charge in [0.15, 0.2) is 6.10 Å². The standard InChI is InChI=1S/C20H22Cl2N2O5S/c1-12(18(25)23-17-11-14(21)7-10-16(17)22)29-19(26)13-5-8-15(9-6-13)30(27,28)24-20(2,3)4/h5-12,24H,1-4H3,(H,23,25). The lowest BCUT2D eigenvalue weighted by Crippen LogP contribution is -2.40. The van der Waals surface area contributed by atoms with E-state index in [0.717, 1.165) is 0 Å². The Morgan fingerprint density at radius 1 is 1.03 bits per heavy atom. The zero-order chi connectivity index (χ0) is 22.7. The van der Waals surface area contributed by atoms with Gasteiger partial charge in [0.1, 0.15) is 0 Å². The third-order valence-electron chi connectivity index (χ3n) is 3.68. The summed E-state index contributed by atoms with van der Waals surface area (Å²) in [5.74, 6) is -1.37. The van der Waals surface area contributed by atoms with Crippen molar-refractivity contribution in [2.24, 2.45) is 0 Å². The molecule has 2 N–H and O–H groups in total. The summed E-state index contributed by atoms with van der Waals surface area (Å²) >= 11 is 11.9. The monoisotopic (exact) mass is 472 g/mol. The summed E-state index contributed by atoms with van der Waals surface area (Å²) in [4.78, 5) is 24.6. The molecule has 0 bridgehead atoms. The summed E-state index contributed by atoms with van der Waals surface area (Å²) in [5, 5.41) is 3.21. The average Bonchev–Trinajstić information content (AvgIpc) is 2.62. The maximum Gasteiger partial charge on any atom is 0.338 e. The third kappa shape index (κ3) is 6.70. The molecule has 1 atom stereocenters. The molecule has 10 heteroatoms. The molecule has 1 unspecified atom stereocenters. The van der Waals surface area contributed by atoms with E-state index in [1.54, 1.807) is 26.8 Å². The first-order valence-electron chi connectivity index (χ1n) is 8.89. The van der Waals surface area contributed by atoms with Gasteiger partial charge in [-0.1, -0.05) is 23.2 Å². The van der Waals surface area contributed by atoms with Gasteiger partial charge in [-0.2, -0.15) is 0 Å². The Morgan fingerprint density at radius 3 is 2.20 bits per heavy atom. The second kappa shape index (κ2) is 9.34. The second-order valence-electron chi connectivity index (χ2n) is 7.54. The third-order valence-corrected chi connectivity index (χ3v) is 6.02. The van der Waals surface area contributed by atoms with Crippen molar-refractivity contribution in [2.75, 3.05) is 5.32 Å². The lowest BCUT2D eigenvalue weighted by Gasteiger charge is -2.20. The van der Waals surface area contributed by atoms with Crippen molar-refractivity contribution in [1.29, 1.82) is 0 Å². The van der Waals surface area contributed by atoms with E-state index in [1.165, 1.54) is 43.3 Å². The van der Waals surface area contributed by atoms with Crippen molar-refractivity contribution < 1.29 is 22.7 Å². The normalized spacial score (nSPS) is 12.9. The minimum Gasteiger partial charge on any atom is -0.449 e. The smallest absolute Gasteiger partial charge is 0.338 e. The van der Waals surface area contributed by atoms with Crippen LogP contribution >= 0.6 is 23.2 Å². The van der Waals surface area contributed by atoms with Gasteiger partial charge in [0, 0.05) is 10.6 Å². The molecular weight excluding hydrogens is 451 g/mol. The Morgan fingerprint density at radius 2 is 1.63 bits per heavy atom. The topological polar surface area (TPSA) is 102 Å². The van der Waals surface area contributed by atoms with Gasteiger partial charge in [-0.3, -0.25) is 4.79 Å². The number of amides is 1. The van der Waals surface area contributed by atoms with Crippen LogP contribution in [0.2, 0.25) is 10.0 Å². The van der Waals surface area contributed by atoms with Gasteiger partial charge in [0.2, 0.25) is 10.0 Å². The van der Waals surface area contributed by atoms with Gasteiger partial charge in [0.05, 0.1) is 21.2 Å². The molecule has 2 aromatic rings. The Hall–Kier alpha value is -2.13. The van der Waals surface area contributed by atoms with E-state index in [1.807, 2.05) is 0 Å². The van der Waals surface area contributed by atoms with Gasteiger partial charge >= 0.3 is 5.97 Å². The minimum atomic E-state index is -3.73. The highest BCUT2D eigenvalue weighted by molar-refractivity contribution is 7.89. The van der Waals surface area contributed by atoms with Gasteiger partial charge in [-0.25, -0.2) is 17.9 Å². The quantitative estimate of drug-likeness (QED) is 0.611. The Labute approximate surface area is 185 Å². The maximum absolute atomic E-state index is 12.3. The number of carbonyl (C=O) groups is 2. The zero-order valence-electron chi connectivity index (χ0n) is 16.8. The van der Waals surface area contributed by atoms with E-state index in [0.29, 0.717) is 5.02 Å². The molecule has 162 valence electrons. The molecule has 7 nitrogen and oxygen atoms in total. The Kier molecular flexibility index (Phi) is 7.52. The molecule has 0 spiro atoms. The molecule has 1 amide bonds. The van der Waals surface area contributed by atoms with Crippen LogP contribution in [0, 0.1) is 0 Å². The lowest BCUT2D eigenvalue weighted by molar-refractivity contribution is -0.123. The van der Waals surface area contributed by atoms with E-state index in [-0.39, 0.29) is 21.2 Å². The molecule has 30 heavy (non-hydrogen) atoms. The first-order chi connectivity index (χ1) is 13.8. The number of sulfonamides is 1. The zero-order valence-corrected chi connectivity index (χ0v) is 19.2. The average molecular weight is 473 g/mol. The molecule has 0 heterocycles. The van der Waals surface area contributed by atoms with Crippen LogP contribution in [0.4, 0.5) is 5.69 Å². The van der Waals surface area contributed by atoms with Gasteiger partial charge < -0.3 is 10.1 Å². The van der Waals surface area contributed by atoms with Crippen LogP contribution in [0.15, 0.2) is 47.4 Å². The molecule has 2 aromatic carbocycles. The number of esters is 1.